The molecule has 0 amide bonds. The van der Waals surface area contributed by atoms with E-state index in [-0.39, 0.29) is 30.3 Å². The molecule has 0 saturated carbocycles. The van der Waals surface area contributed by atoms with Gasteiger partial charge in [-0.25, -0.2) is 14.2 Å². The summed E-state index contributed by atoms with van der Waals surface area (Å²) in [5.41, 5.74) is 2.64. The van der Waals surface area contributed by atoms with Crippen molar-refractivity contribution >= 4 is 57.0 Å². The highest BCUT2D eigenvalue weighted by molar-refractivity contribution is 8.18. The number of aliphatic imine (C=N–C) groups is 1. The van der Waals surface area contributed by atoms with Gasteiger partial charge in [0, 0.05) is 33.2 Å². The van der Waals surface area contributed by atoms with E-state index in [9.17, 15) is 14.3 Å². The lowest BCUT2D eigenvalue weighted by atomic mass is 10.1. The van der Waals surface area contributed by atoms with Crippen LogP contribution in [0.25, 0.3) is 17.0 Å². The fourth-order valence-corrected chi connectivity index (χ4v) is 5.66. The summed E-state index contributed by atoms with van der Waals surface area (Å²) < 4.78 is 27.2. The van der Waals surface area contributed by atoms with Crippen LogP contribution in [0.1, 0.15) is 25.0 Å². The first kappa shape index (κ1) is 27.6. The van der Waals surface area contributed by atoms with E-state index in [0.29, 0.717) is 38.6 Å². The topological polar surface area (TPSA) is 73.0 Å². The molecule has 0 atom stereocenters. The number of esters is 1. The Hall–Kier alpha value is -4.01. The van der Waals surface area contributed by atoms with Crippen LogP contribution in [-0.4, -0.2) is 33.9 Å². The van der Waals surface area contributed by atoms with Gasteiger partial charge in [-0.05, 0) is 62.4 Å². The Morgan fingerprint density at radius 2 is 1.85 bits per heavy atom. The van der Waals surface area contributed by atoms with Crippen LogP contribution in [-0.2, 0) is 16.1 Å². The average molecular weight is 577 g/mol. The Labute approximate surface area is 240 Å². The zero-order valence-electron chi connectivity index (χ0n) is 21.9. The monoisotopic (exact) mass is 576 g/mol. The molecule has 1 aliphatic heterocycles. The number of nitrogens with zero attached hydrogens (tertiary/aromatic N) is 2. The summed E-state index contributed by atoms with van der Waals surface area (Å²) in [5, 5.41) is 12.7. The third kappa shape index (κ3) is 5.64. The molecule has 0 saturated heterocycles. The van der Waals surface area contributed by atoms with Gasteiger partial charge in [0.1, 0.15) is 27.9 Å². The molecule has 1 aliphatic rings. The van der Waals surface area contributed by atoms with Crippen molar-refractivity contribution in [1.29, 1.82) is 0 Å². The minimum absolute atomic E-state index is 0.00820. The lowest BCUT2D eigenvalue weighted by Crippen LogP contribution is -2.12. The summed E-state index contributed by atoms with van der Waals surface area (Å²) in [6, 6.07) is 19.5. The predicted octanol–water partition coefficient (Wildman–Crippen LogP) is 8.07. The van der Waals surface area contributed by atoms with Crippen molar-refractivity contribution in [3.05, 3.63) is 111 Å². The number of para-hydroxylation sites is 1. The summed E-state index contributed by atoms with van der Waals surface area (Å²) in [5.74, 6) is -0.533. The molecule has 0 bridgehead atoms. The second kappa shape index (κ2) is 12.0. The molecule has 1 N–H and O–H groups in total. The van der Waals surface area contributed by atoms with E-state index in [4.69, 9.17) is 21.1 Å². The maximum Gasteiger partial charge on any atom is 0.344 e. The predicted molar refractivity (Wildman–Crippen MR) is 159 cm³/mol. The number of aliphatic hydroxyl groups is 1. The Bertz CT molecular complexity index is 1650. The van der Waals surface area contributed by atoms with Gasteiger partial charge in [-0.2, -0.15) is 0 Å². The Morgan fingerprint density at radius 1 is 1.07 bits per heavy atom. The molecule has 40 heavy (non-hydrogen) atoms. The van der Waals surface area contributed by atoms with Gasteiger partial charge >= 0.3 is 5.97 Å². The normalized spacial score (nSPS) is 15.4. The van der Waals surface area contributed by atoms with Crippen LogP contribution in [0.3, 0.4) is 0 Å². The zero-order chi connectivity index (χ0) is 28.2. The highest BCUT2D eigenvalue weighted by Gasteiger charge is 2.33. The van der Waals surface area contributed by atoms with Crippen LogP contribution in [0.5, 0.6) is 5.75 Å². The first-order chi connectivity index (χ1) is 19.4. The maximum atomic E-state index is 14.6. The first-order valence-electron chi connectivity index (χ1n) is 12.7. The first-order valence-corrected chi connectivity index (χ1v) is 13.9. The van der Waals surface area contributed by atoms with Gasteiger partial charge in [0.25, 0.3) is 0 Å². The van der Waals surface area contributed by atoms with Crippen molar-refractivity contribution in [1.82, 2.24) is 4.57 Å². The third-order valence-corrected chi connectivity index (χ3v) is 7.62. The Balaban J connectivity index is 1.55. The van der Waals surface area contributed by atoms with Gasteiger partial charge in [-0.1, -0.05) is 47.6 Å². The van der Waals surface area contributed by atoms with E-state index >= 15 is 0 Å². The summed E-state index contributed by atoms with van der Waals surface area (Å²) in [4.78, 5) is 17.9. The second-order valence-corrected chi connectivity index (χ2v) is 10.3. The van der Waals surface area contributed by atoms with E-state index in [2.05, 4.69) is 4.99 Å². The Kier molecular flexibility index (Phi) is 8.28. The zero-order valence-corrected chi connectivity index (χ0v) is 23.4. The molecule has 6 nitrogen and oxygen atoms in total. The van der Waals surface area contributed by atoms with Gasteiger partial charge in [0.2, 0.25) is 0 Å². The number of benzene rings is 3. The number of ether oxygens (including phenoxy) is 2. The smallest absolute Gasteiger partial charge is 0.344 e. The van der Waals surface area contributed by atoms with Crippen molar-refractivity contribution in [2.24, 2.45) is 4.99 Å². The SMILES string of the molecule is CCOC(=O)C1=C(O)/C(=C/c2cn(Cc3c(F)cccc3Cl)c3ccccc23)SC1=Nc1ccc(OCC)cc1. The molecule has 204 valence electrons. The molecule has 0 aliphatic carbocycles. The van der Waals surface area contributed by atoms with Crippen LogP contribution in [0.2, 0.25) is 5.02 Å². The van der Waals surface area contributed by atoms with Gasteiger partial charge < -0.3 is 19.1 Å². The molecule has 0 fully saturated rings. The highest BCUT2D eigenvalue weighted by Crippen LogP contribution is 2.41. The van der Waals surface area contributed by atoms with Crippen molar-refractivity contribution in [3.8, 4) is 5.75 Å². The van der Waals surface area contributed by atoms with E-state index in [1.807, 2.05) is 42.0 Å². The molecular formula is C31H26ClFN2O4S. The van der Waals surface area contributed by atoms with Crippen molar-refractivity contribution < 1.29 is 23.8 Å². The summed E-state index contributed by atoms with van der Waals surface area (Å²) >= 11 is 7.48. The van der Waals surface area contributed by atoms with Crippen LogP contribution in [0, 0.1) is 5.82 Å². The Morgan fingerprint density at radius 3 is 2.58 bits per heavy atom. The van der Waals surface area contributed by atoms with Gasteiger partial charge in [0.05, 0.1) is 30.4 Å². The van der Waals surface area contributed by atoms with Crippen LogP contribution in [0.4, 0.5) is 10.1 Å². The molecule has 1 aromatic heterocycles. The number of rotatable bonds is 8. The average Bonchev–Trinajstić information content (AvgIpc) is 3.44. The number of thioether (sulfide) groups is 1. The van der Waals surface area contributed by atoms with Crippen LogP contribution >= 0.6 is 23.4 Å². The molecule has 5 rings (SSSR count). The summed E-state index contributed by atoms with van der Waals surface area (Å²) in [6.07, 6.45) is 3.67. The second-order valence-electron chi connectivity index (χ2n) is 8.83. The standard InChI is InChI=1S/C31H26ClFN2O4S/c1-3-38-21-14-12-20(13-15-21)34-30-28(31(37)39-4-2)29(36)27(40-30)16-19-17-35(26-11-6-5-8-22(19)26)18-23-24(32)9-7-10-25(23)33/h5-17,36H,3-4,18H2,1-2H3/b27-16-,34-30?. The molecule has 9 heteroatoms. The number of carbonyl (C=O) groups excluding carboxylic acids is 1. The van der Waals surface area contributed by atoms with Crippen LogP contribution in [0.15, 0.2) is 94.2 Å². The molecule has 0 spiro atoms. The van der Waals surface area contributed by atoms with Crippen LogP contribution < -0.4 is 4.74 Å². The minimum Gasteiger partial charge on any atom is -0.506 e. The van der Waals surface area contributed by atoms with Gasteiger partial charge in [0.15, 0.2) is 0 Å². The molecule has 0 unspecified atom stereocenters. The van der Waals surface area contributed by atoms with E-state index in [1.54, 1.807) is 49.4 Å². The molecular weight excluding hydrogens is 551 g/mol. The number of carbonyl (C=O) groups is 1. The number of fused-ring (bicyclic) bond motifs is 1. The largest absolute Gasteiger partial charge is 0.506 e. The number of aliphatic hydroxyl groups excluding tert-OH is 1. The minimum atomic E-state index is -0.655. The van der Waals surface area contributed by atoms with E-state index in [1.165, 1.54) is 17.8 Å². The molecule has 3 aromatic carbocycles. The molecule has 2 heterocycles. The lowest BCUT2D eigenvalue weighted by Gasteiger charge is -2.08. The van der Waals surface area contributed by atoms with E-state index < -0.39 is 5.97 Å². The van der Waals surface area contributed by atoms with Gasteiger partial charge in [-0.3, -0.25) is 0 Å². The summed E-state index contributed by atoms with van der Waals surface area (Å²) in [6.45, 7) is 4.53. The number of halogens is 2. The number of hydrogen-bond donors (Lipinski definition) is 1. The molecule has 0 radical (unpaired) electrons. The lowest BCUT2D eigenvalue weighted by molar-refractivity contribution is -0.138. The highest BCUT2D eigenvalue weighted by atomic mass is 35.5. The summed E-state index contributed by atoms with van der Waals surface area (Å²) in [7, 11) is 0. The van der Waals surface area contributed by atoms with Crippen molar-refractivity contribution in [2.75, 3.05) is 13.2 Å². The van der Waals surface area contributed by atoms with E-state index in [0.717, 1.165) is 16.5 Å². The quantitative estimate of drug-likeness (QED) is 0.215. The number of aromatic nitrogens is 1. The van der Waals surface area contributed by atoms with Gasteiger partial charge in [-0.15, -0.1) is 0 Å². The molecule has 4 aromatic rings. The fourth-order valence-electron chi connectivity index (χ4n) is 4.41. The van der Waals surface area contributed by atoms with Crippen molar-refractivity contribution in [2.45, 2.75) is 20.4 Å². The maximum absolute atomic E-state index is 14.6. The van der Waals surface area contributed by atoms with Crippen molar-refractivity contribution in [3.63, 3.8) is 0 Å². The third-order valence-electron chi connectivity index (χ3n) is 6.24. The number of hydrogen-bond acceptors (Lipinski definition) is 6. The fraction of sp³-hybridized carbons (Fsp3) is 0.161.